The molecule has 4 heteroatoms. The number of thiocarbonyl (C=S) groups is 1. The van der Waals surface area contributed by atoms with Crippen LogP contribution in [0.1, 0.15) is 6.92 Å². The molecule has 0 fully saturated rings. The van der Waals surface area contributed by atoms with Crippen LogP contribution in [0.5, 0.6) is 5.75 Å². The lowest BCUT2D eigenvalue weighted by atomic mass is 10.3. The van der Waals surface area contributed by atoms with E-state index in [1.807, 2.05) is 18.2 Å². The molecule has 0 radical (unpaired) electrons. The summed E-state index contributed by atoms with van der Waals surface area (Å²) in [5.41, 5.74) is 0. The highest BCUT2D eigenvalue weighted by Gasteiger charge is 2.09. The SMILES string of the molecule is CC(N=O)C(=S)Oc1ccccc1. The third kappa shape index (κ3) is 2.91. The Balaban J connectivity index is 2.60. The Kier molecular flexibility index (Phi) is 3.52. The fourth-order valence-corrected chi connectivity index (χ4v) is 0.872. The average molecular weight is 195 g/mol. The monoisotopic (exact) mass is 195 g/mol. The molecule has 0 saturated heterocycles. The first-order valence-corrected chi connectivity index (χ1v) is 4.24. The van der Waals surface area contributed by atoms with Gasteiger partial charge in [0.05, 0.1) is 0 Å². The molecule has 3 nitrogen and oxygen atoms in total. The third-order valence-electron chi connectivity index (χ3n) is 1.46. The van der Waals surface area contributed by atoms with E-state index in [4.69, 9.17) is 17.0 Å². The van der Waals surface area contributed by atoms with Gasteiger partial charge in [0.2, 0.25) is 0 Å². The number of benzene rings is 1. The van der Waals surface area contributed by atoms with Crippen molar-refractivity contribution in [1.82, 2.24) is 0 Å². The highest BCUT2D eigenvalue weighted by molar-refractivity contribution is 7.80. The summed E-state index contributed by atoms with van der Waals surface area (Å²) in [6.45, 7) is 1.60. The molecule has 0 spiro atoms. The quantitative estimate of drug-likeness (QED) is 0.549. The normalized spacial score (nSPS) is 11.8. The molecule has 68 valence electrons. The van der Waals surface area contributed by atoms with Crippen LogP contribution < -0.4 is 4.74 Å². The van der Waals surface area contributed by atoms with Crippen LogP contribution in [-0.4, -0.2) is 11.1 Å². The zero-order valence-corrected chi connectivity index (χ0v) is 7.95. The minimum absolute atomic E-state index is 0.196. The molecule has 13 heavy (non-hydrogen) atoms. The average Bonchev–Trinajstić information content (AvgIpc) is 2.18. The number of nitroso groups, excluding NO2 is 1. The van der Waals surface area contributed by atoms with Gasteiger partial charge in [-0.15, -0.1) is 0 Å². The van der Waals surface area contributed by atoms with E-state index in [1.54, 1.807) is 19.1 Å². The summed E-state index contributed by atoms with van der Waals surface area (Å²) < 4.78 is 5.20. The zero-order valence-electron chi connectivity index (χ0n) is 7.14. The first-order valence-electron chi connectivity index (χ1n) is 3.83. The molecule has 1 unspecified atom stereocenters. The maximum absolute atomic E-state index is 10.1. The van der Waals surface area contributed by atoms with Crippen LogP contribution in [-0.2, 0) is 0 Å². The standard InChI is InChI=1S/C9H9NO2S/c1-7(10-11)9(13)12-8-5-3-2-4-6-8/h2-7H,1H3. The second-order valence-electron chi connectivity index (χ2n) is 2.52. The second kappa shape index (κ2) is 4.67. The number of ether oxygens (including phenoxy) is 1. The van der Waals surface area contributed by atoms with Crippen molar-refractivity contribution in [3.05, 3.63) is 35.2 Å². The van der Waals surface area contributed by atoms with Crippen molar-refractivity contribution in [1.29, 1.82) is 0 Å². The molecule has 0 aliphatic carbocycles. The number of rotatable bonds is 3. The summed E-state index contributed by atoms with van der Waals surface area (Å²) in [6.07, 6.45) is 0. The molecule has 0 aliphatic rings. The predicted molar refractivity (Wildman–Crippen MR) is 54.9 cm³/mol. The van der Waals surface area contributed by atoms with Crippen molar-refractivity contribution < 1.29 is 4.74 Å². The first kappa shape index (κ1) is 9.80. The van der Waals surface area contributed by atoms with E-state index in [2.05, 4.69) is 5.18 Å². The van der Waals surface area contributed by atoms with E-state index >= 15 is 0 Å². The van der Waals surface area contributed by atoms with Crippen molar-refractivity contribution in [2.45, 2.75) is 13.0 Å². The second-order valence-corrected chi connectivity index (χ2v) is 2.92. The van der Waals surface area contributed by atoms with Gasteiger partial charge >= 0.3 is 0 Å². The van der Waals surface area contributed by atoms with E-state index in [-0.39, 0.29) is 5.05 Å². The Morgan fingerprint density at radius 2 is 2.08 bits per heavy atom. The maximum Gasteiger partial charge on any atom is 0.195 e. The molecule has 0 aliphatic heterocycles. The van der Waals surface area contributed by atoms with Gasteiger partial charge < -0.3 is 4.74 Å². The first-order chi connectivity index (χ1) is 6.24. The molecule has 0 N–H and O–H groups in total. The van der Waals surface area contributed by atoms with Gasteiger partial charge in [0.15, 0.2) is 11.1 Å². The third-order valence-corrected chi connectivity index (χ3v) is 1.89. The Bertz CT molecular complexity index is 300. The topological polar surface area (TPSA) is 38.7 Å². The van der Waals surface area contributed by atoms with Crippen molar-refractivity contribution in [2.75, 3.05) is 0 Å². The number of para-hydroxylation sites is 1. The highest BCUT2D eigenvalue weighted by Crippen LogP contribution is 2.10. The van der Waals surface area contributed by atoms with Gasteiger partial charge in [-0.2, -0.15) is 4.91 Å². The Labute approximate surface area is 81.7 Å². The van der Waals surface area contributed by atoms with E-state index in [9.17, 15) is 4.91 Å². The van der Waals surface area contributed by atoms with E-state index in [0.29, 0.717) is 5.75 Å². The smallest absolute Gasteiger partial charge is 0.195 e. The van der Waals surface area contributed by atoms with Gasteiger partial charge in [-0.3, -0.25) is 0 Å². The van der Waals surface area contributed by atoms with E-state index < -0.39 is 6.04 Å². The molecule has 0 saturated carbocycles. The van der Waals surface area contributed by atoms with Gasteiger partial charge in [0, 0.05) is 0 Å². The summed E-state index contributed by atoms with van der Waals surface area (Å²) in [4.78, 5) is 10.1. The van der Waals surface area contributed by atoms with Crippen molar-refractivity contribution >= 4 is 17.3 Å². The largest absolute Gasteiger partial charge is 0.448 e. The fraction of sp³-hybridized carbons (Fsp3) is 0.222. The Hall–Kier alpha value is -1.29. The minimum atomic E-state index is -0.588. The molecular formula is C9H9NO2S. The van der Waals surface area contributed by atoms with Crippen molar-refractivity contribution in [2.24, 2.45) is 5.18 Å². The molecule has 0 amide bonds. The Morgan fingerprint density at radius 3 is 2.62 bits per heavy atom. The summed E-state index contributed by atoms with van der Waals surface area (Å²) in [5, 5.41) is 2.96. The predicted octanol–water partition coefficient (Wildman–Crippen LogP) is 2.55. The molecular weight excluding hydrogens is 186 g/mol. The minimum Gasteiger partial charge on any atom is -0.448 e. The fourth-order valence-electron chi connectivity index (χ4n) is 0.733. The molecule has 1 aromatic carbocycles. The highest BCUT2D eigenvalue weighted by atomic mass is 32.1. The van der Waals surface area contributed by atoms with Gasteiger partial charge in [-0.1, -0.05) is 23.4 Å². The van der Waals surface area contributed by atoms with Gasteiger partial charge in [0.1, 0.15) is 5.75 Å². The summed E-state index contributed by atoms with van der Waals surface area (Å²) in [7, 11) is 0. The lowest BCUT2D eigenvalue weighted by Crippen LogP contribution is -2.18. The molecule has 1 aromatic rings. The molecule has 0 aromatic heterocycles. The zero-order chi connectivity index (χ0) is 9.68. The number of hydrogen-bond acceptors (Lipinski definition) is 4. The molecule has 0 bridgehead atoms. The van der Waals surface area contributed by atoms with Crippen LogP contribution in [0.3, 0.4) is 0 Å². The van der Waals surface area contributed by atoms with Gasteiger partial charge in [-0.05, 0) is 31.3 Å². The summed E-state index contributed by atoms with van der Waals surface area (Å²) in [6, 6.07) is 8.48. The van der Waals surface area contributed by atoms with E-state index in [1.165, 1.54) is 0 Å². The van der Waals surface area contributed by atoms with Crippen LogP contribution in [0, 0.1) is 4.91 Å². The molecule has 0 heterocycles. The van der Waals surface area contributed by atoms with Crippen LogP contribution in [0.4, 0.5) is 0 Å². The maximum atomic E-state index is 10.1. The van der Waals surface area contributed by atoms with Gasteiger partial charge in [-0.25, -0.2) is 0 Å². The molecule has 1 rings (SSSR count). The van der Waals surface area contributed by atoms with E-state index in [0.717, 1.165) is 0 Å². The molecule has 1 atom stereocenters. The van der Waals surface area contributed by atoms with Crippen LogP contribution in [0.15, 0.2) is 35.5 Å². The number of nitrogens with zero attached hydrogens (tertiary/aromatic N) is 1. The summed E-state index contributed by atoms with van der Waals surface area (Å²) >= 11 is 4.84. The van der Waals surface area contributed by atoms with Gasteiger partial charge in [0.25, 0.3) is 0 Å². The van der Waals surface area contributed by atoms with Crippen LogP contribution in [0.2, 0.25) is 0 Å². The van der Waals surface area contributed by atoms with Crippen LogP contribution in [0.25, 0.3) is 0 Å². The Morgan fingerprint density at radius 1 is 1.46 bits per heavy atom. The lowest BCUT2D eigenvalue weighted by molar-refractivity contribution is 0.538. The summed E-state index contributed by atoms with van der Waals surface area (Å²) in [5.74, 6) is 0.628. The van der Waals surface area contributed by atoms with Crippen LogP contribution >= 0.6 is 12.2 Å². The lowest BCUT2D eigenvalue weighted by Gasteiger charge is -2.06. The number of hydrogen-bond donors (Lipinski definition) is 0. The van der Waals surface area contributed by atoms with Crippen molar-refractivity contribution in [3.8, 4) is 5.75 Å². The van der Waals surface area contributed by atoms with Crippen molar-refractivity contribution in [3.63, 3.8) is 0 Å².